The monoisotopic (exact) mass is 417 g/mol. The number of carbonyl (C=O) groups is 1. The molecule has 0 atom stereocenters. The number of nitrogens with zero attached hydrogens (tertiary/aromatic N) is 3. The summed E-state index contributed by atoms with van der Waals surface area (Å²) >= 11 is 0. The molecule has 0 bridgehead atoms. The van der Waals surface area contributed by atoms with Gasteiger partial charge in [0.2, 0.25) is 5.88 Å². The first-order valence-electron chi connectivity index (χ1n) is 9.60. The zero-order valence-electron chi connectivity index (χ0n) is 16.5. The van der Waals surface area contributed by atoms with E-state index in [-0.39, 0.29) is 12.5 Å². The Labute approximate surface area is 178 Å². The fourth-order valence-electron chi connectivity index (χ4n) is 3.01. The minimum absolute atomic E-state index is 0.186. The number of hydrogen-bond acceptors (Lipinski definition) is 5. The fraction of sp³-hybridized carbons (Fsp3) is 0.0870. The molecule has 2 aromatic carbocycles. The van der Waals surface area contributed by atoms with Crippen LogP contribution in [0.1, 0.15) is 21.5 Å². The molecule has 0 saturated carbocycles. The van der Waals surface area contributed by atoms with Crippen LogP contribution < -0.4 is 15.8 Å². The number of aromatic nitrogens is 3. The van der Waals surface area contributed by atoms with Gasteiger partial charge in [0, 0.05) is 43.3 Å². The normalized spacial score (nSPS) is 10.6. The van der Waals surface area contributed by atoms with Crippen molar-refractivity contribution in [2.45, 2.75) is 13.1 Å². The van der Waals surface area contributed by atoms with Crippen LogP contribution in [0.15, 0.2) is 79.5 Å². The highest BCUT2D eigenvalue weighted by atomic mass is 19.1. The van der Waals surface area contributed by atoms with Crippen LogP contribution in [0.5, 0.6) is 11.6 Å². The van der Waals surface area contributed by atoms with E-state index in [2.05, 4.69) is 15.3 Å². The Bertz CT molecular complexity index is 1190. The summed E-state index contributed by atoms with van der Waals surface area (Å²) in [4.78, 5) is 20.6. The minimum Gasteiger partial charge on any atom is -0.439 e. The SMILES string of the molecule is NCc1ccnc(Oc2cccc(C(=O)NCc3ccc(-n4ccnc4)c(F)c3)c2)c1. The van der Waals surface area contributed by atoms with Gasteiger partial charge in [-0.25, -0.2) is 14.4 Å². The predicted molar refractivity (Wildman–Crippen MR) is 113 cm³/mol. The van der Waals surface area contributed by atoms with E-state index in [1.807, 2.05) is 6.07 Å². The Hall–Kier alpha value is -4.04. The molecule has 0 aliphatic heterocycles. The molecule has 0 spiro atoms. The molecule has 2 aromatic heterocycles. The van der Waals surface area contributed by atoms with Gasteiger partial charge in [-0.2, -0.15) is 0 Å². The summed E-state index contributed by atoms with van der Waals surface area (Å²) in [5.74, 6) is 0.180. The number of nitrogens with one attached hydrogen (secondary N) is 1. The first-order valence-corrected chi connectivity index (χ1v) is 9.60. The Morgan fingerprint density at radius 3 is 2.77 bits per heavy atom. The van der Waals surface area contributed by atoms with Crippen molar-refractivity contribution in [3.63, 3.8) is 0 Å². The molecule has 0 unspecified atom stereocenters. The number of hydrogen-bond donors (Lipinski definition) is 2. The Morgan fingerprint density at radius 2 is 2.00 bits per heavy atom. The maximum absolute atomic E-state index is 14.4. The third-order valence-electron chi connectivity index (χ3n) is 4.60. The lowest BCUT2D eigenvalue weighted by atomic mass is 10.1. The van der Waals surface area contributed by atoms with E-state index in [1.54, 1.807) is 65.6 Å². The summed E-state index contributed by atoms with van der Waals surface area (Å²) in [6, 6.07) is 15.1. The van der Waals surface area contributed by atoms with Crippen LogP contribution in [-0.4, -0.2) is 20.4 Å². The van der Waals surface area contributed by atoms with Gasteiger partial charge in [0.25, 0.3) is 5.91 Å². The molecule has 4 rings (SSSR count). The van der Waals surface area contributed by atoms with Crippen molar-refractivity contribution in [2.24, 2.45) is 5.73 Å². The van der Waals surface area contributed by atoms with Gasteiger partial charge in [-0.3, -0.25) is 4.79 Å². The first-order chi connectivity index (χ1) is 15.1. The molecular weight excluding hydrogens is 397 g/mol. The van der Waals surface area contributed by atoms with Crippen LogP contribution in [0.2, 0.25) is 0 Å². The standard InChI is InChI=1S/C23H20FN5O2/c24-20-10-17(4-5-21(20)29-9-8-26-15-29)14-28-23(30)18-2-1-3-19(12-18)31-22-11-16(13-25)6-7-27-22/h1-12,15H,13-14,25H2,(H,28,30). The molecule has 0 saturated heterocycles. The second-order valence-corrected chi connectivity index (χ2v) is 6.77. The Kier molecular flexibility index (Phi) is 6.00. The van der Waals surface area contributed by atoms with Crippen molar-refractivity contribution < 1.29 is 13.9 Å². The number of halogens is 1. The number of amides is 1. The number of ether oxygens (including phenoxy) is 1. The molecule has 8 heteroatoms. The maximum atomic E-state index is 14.4. The van der Waals surface area contributed by atoms with Gasteiger partial charge in [0.05, 0.1) is 12.0 Å². The van der Waals surface area contributed by atoms with E-state index in [4.69, 9.17) is 10.5 Å². The largest absolute Gasteiger partial charge is 0.439 e. The summed E-state index contributed by atoms with van der Waals surface area (Å²) in [5.41, 5.74) is 7.99. The lowest BCUT2D eigenvalue weighted by molar-refractivity contribution is 0.0950. The van der Waals surface area contributed by atoms with Gasteiger partial charge in [-0.15, -0.1) is 0 Å². The van der Waals surface area contributed by atoms with Crippen LogP contribution >= 0.6 is 0 Å². The zero-order chi connectivity index (χ0) is 21.6. The molecule has 0 aliphatic rings. The minimum atomic E-state index is -0.396. The van der Waals surface area contributed by atoms with Crippen molar-refractivity contribution in [2.75, 3.05) is 0 Å². The molecule has 3 N–H and O–H groups in total. The maximum Gasteiger partial charge on any atom is 0.251 e. The van der Waals surface area contributed by atoms with Crippen molar-refractivity contribution in [3.05, 3.63) is 102 Å². The molecule has 0 radical (unpaired) electrons. The summed E-state index contributed by atoms with van der Waals surface area (Å²) in [5, 5.41) is 2.79. The molecule has 0 fully saturated rings. The third-order valence-corrected chi connectivity index (χ3v) is 4.60. The van der Waals surface area contributed by atoms with E-state index in [0.717, 1.165) is 5.56 Å². The van der Waals surface area contributed by atoms with Gasteiger partial charge in [-0.1, -0.05) is 12.1 Å². The van der Waals surface area contributed by atoms with E-state index < -0.39 is 5.82 Å². The second kappa shape index (κ2) is 9.19. The van der Waals surface area contributed by atoms with Crippen molar-refractivity contribution >= 4 is 5.91 Å². The lowest BCUT2D eigenvalue weighted by Crippen LogP contribution is -2.22. The van der Waals surface area contributed by atoms with Crippen LogP contribution in [0.4, 0.5) is 4.39 Å². The fourth-order valence-corrected chi connectivity index (χ4v) is 3.01. The van der Waals surface area contributed by atoms with Gasteiger partial charge >= 0.3 is 0 Å². The first kappa shape index (κ1) is 20.2. The summed E-state index contributed by atoms with van der Waals surface area (Å²) in [6.07, 6.45) is 6.38. The molecule has 4 aromatic rings. The van der Waals surface area contributed by atoms with E-state index in [0.29, 0.717) is 35.0 Å². The molecule has 2 heterocycles. The summed E-state index contributed by atoms with van der Waals surface area (Å²) in [7, 11) is 0. The number of rotatable bonds is 7. The van der Waals surface area contributed by atoms with E-state index in [1.165, 1.54) is 12.4 Å². The average Bonchev–Trinajstić information content (AvgIpc) is 3.32. The van der Waals surface area contributed by atoms with Gasteiger partial charge in [0.15, 0.2) is 0 Å². The predicted octanol–water partition coefficient (Wildman–Crippen LogP) is 3.59. The molecule has 0 aliphatic carbocycles. The number of nitrogens with two attached hydrogens (primary N) is 1. The van der Waals surface area contributed by atoms with Crippen LogP contribution in [0.25, 0.3) is 5.69 Å². The second-order valence-electron chi connectivity index (χ2n) is 6.77. The number of benzene rings is 2. The highest BCUT2D eigenvalue weighted by Gasteiger charge is 2.10. The summed E-state index contributed by atoms with van der Waals surface area (Å²) < 4.78 is 21.7. The number of pyridine rings is 1. The zero-order valence-corrected chi connectivity index (χ0v) is 16.5. The van der Waals surface area contributed by atoms with E-state index in [9.17, 15) is 9.18 Å². The third kappa shape index (κ3) is 4.93. The molecule has 7 nitrogen and oxygen atoms in total. The molecule has 156 valence electrons. The van der Waals surface area contributed by atoms with Crippen molar-refractivity contribution in [1.82, 2.24) is 19.9 Å². The summed E-state index contributed by atoms with van der Waals surface area (Å²) in [6.45, 7) is 0.566. The number of carbonyl (C=O) groups excluding carboxylic acids is 1. The van der Waals surface area contributed by atoms with Crippen LogP contribution in [0.3, 0.4) is 0 Å². The highest BCUT2D eigenvalue weighted by molar-refractivity contribution is 5.94. The van der Waals surface area contributed by atoms with Crippen LogP contribution in [0, 0.1) is 5.82 Å². The van der Waals surface area contributed by atoms with Crippen molar-refractivity contribution in [1.29, 1.82) is 0 Å². The topological polar surface area (TPSA) is 95.1 Å². The average molecular weight is 417 g/mol. The Morgan fingerprint density at radius 1 is 1.10 bits per heavy atom. The Balaban J connectivity index is 1.41. The van der Waals surface area contributed by atoms with E-state index >= 15 is 0 Å². The smallest absolute Gasteiger partial charge is 0.251 e. The molecule has 31 heavy (non-hydrogen) atoms. The van der Waals surface area contributed by atoms with Gasteiger partial charge in [-0.05, 0) is 47.5 Å². The molecular formula is C23H20FN5O2. The van der Waals surface area contributed by atoms with Gasteiger partial charge < -0.3 is 20.4 Å². The number of imidazole rings is 1. The highest BCUT2D eigenvalue weighted by Crippen LogP contribution is 2.21. The van der Waals surface area contributed by atoms with Crippen molar-refractivity contribution in [3.8, 4) is 17.3 Å². The lowest BCUT2D eigenvalue weighted by Gasteiger charge is -2.10. The quantitative estimate of drug-likeness (QED) is 0.479. The molecule has 1 amide bonds. The van der Waals surface area contributed by atoms with Crippen LogP contribution in [-0.2, 0) is 13.1 Å². The van der Waals surface area contributed by atoms with Gasteiger partial charge in [0.1, 0.15) is 11.6 Å².